The van der Waals surface area contributed by atoms with Crippen LogP contribution >= 0.6 is 0 Å². The summed E-state index contributed by atoms with van der Waals surface area (Å²) in [4.78, 5) is 29.8. The van der Waals surface area contributed by atoms with Crippen LogP contribution in [0.1, 0.15) is 28.2 Å². The average Bonchev–Trinajstić information content (AvgIpc) is 2.88. The smallest absolute Gasteiger partial charge is 0.280 e. The predicted octanol–water partition coefficient (Wildman–Crippen LogP) is 3.05. The number of anilines is 3. The molecular weight excluding hydrogens is 470 g/mol. The molecule has 2 fully saturated rings. The lowest BCUT2D eigenvalue weighted by Gasteiger charge is -2.38. The van der Waals surface area contributed by atoms with Crippen molar-refractivity contribution in [3.8, 4) is 11.1 Å². The molecule has 36 heavy (non-hydrogen) atoms. The van der Waals surface area contributed by atoms with E-state index in [0.717, 1.165) is 47.6 Å². The molecule has 3 aromatic heterocycles. The van der Waals surface area contributed by atoms with Gasteiger partial charge in [-0.05, 0) is 42.8 Å². The number of halogens is 2. The summed E-state index contributed by atoms with van der Waals surface area (Å²) in [5.41, 5.74) is 2.48. The Kier molecular flexibility index (Phi) is 6.75. The number of hydrogen-bond donors (Lipinski definition) is 2. The average molecular weight is 497 g/mol. The van der Waals surface area contributed by atoms with Crippen LogP contribution in [0.4, 0.5) is 26.1 Å². The van der Waals surface area contributed by atoms with Gasteiger partial charge >= 0.3 is 0 Å². The fourth-order valence-corrected chi connectivity index (χ4v) is 4.22. The number of aliphatic hydroxyl groups excluding tert-OH is 1. The quantitative estimate of drug-likeness (QED) is 0.537. The molecule has 0 aromatic carbocycles. The van der Waals surface area contributed by atoms with Crippen LogP contribution in [0, 0.1) is 6.92 Å². The maximum Gasteiger partial charge on any atom is 0.280 e. The maximum atomic E-state index is 13.0. The molecule has 2 aliphatic heterocycles. The molecule has 0 atom stereocenters. The van der Waals surface area contributed by atoms with Crippen molar-refractivity contribution < 1.29 is 23.4 Å². The molecule has 2 saturated heterocycles. The lowest BCUT2D eigenvalue weighted by Crippen LogP contribution is -2.51. The van der Waals surface area contributed by atoms with Crippen molar-refractivity contribution in [2.45, 2.75) is 19.5 Å². The number of hydrogen-bond acceptors (Lipinski definition) is 8. The molecule has 0 unspecified atom stereocenters. The first kappa shape index (κ1) is 24.0. The van der Waals surface area contributed by atoms with Gasteiger partial charge in [-0.2, -0.15) is 0 Å². The molecule has 5 rings (SSSR count). The summed E-state index contributed by atoms with van der Waals surface area (Å²) in [6.45, 7) is 5.58. The molecule has 1 amide bonds. The van der Waals surface area contributed by atoms with Crippen molar-refractivity contribution in [1.82, 2.24) is 15.0 Å². The second kappa shape index (κ2) is 10.1. The molecule has 5 heterocycles. The van der Waals surface area contributed by atoms with E-state index in [2.05, 4.69) is 20.2 Å². The van der Waals surface area contributed by atoms with Crippen LogP contribution in [0.3, 0.4) is 0 Å². The number of morpholine rings is 1. The highest BCUT2D eigenvalue weighted by Gasteiger charge is 2.27. The van der Waals surface area contributed by atoms with Crippen LogP contribution in [0.5, 0.6) is 0 Å². The third-order valence-electron chi connectivity index (χ3n) is 6.24. The number of aromatic nitrogens is 3. The standard InChI is InChI=1S/C25H26F2N6O3/c1-15-20(11-18(12-29-15)30-25(35)16-2-3-28-21(8-16)24(26)27)17-9-22(32-4-6-36-7-5-32)31-23(10-17)33-13-19(34)14-33/h2-3,8-12,19,24,34H,4-7,13-14H2,1H3,(H,30,35). The van der Waals surface area contributed by atoms with Gasteiger partial charge in [-0.25, -0.2) is 13.8 Å². The molecule has 0 spiro atoms. The Labute approximate surface area is 206 Å². The first-order valence-electron chi connectivity index (χ1n) is 11.7. The monoisotopic (exact) mass is 496 g/mol. The van der Waals surface area contributed by atoms with Crippen LogP contribution in [-0.2, 0) is 4.74 Å². The topological polar surface area (TPSA) is 104 Å². The Balaban J connectivity index is 1.46. The second-order valence-corrected chi connectivity index (χ2v) is 8.81. The van der Waals surface area contributed by atoms with Gasteiger partial charge in [0.05, 0.1) is 31.2 Å². The fraction of sp³-hybridized carbons (Fsp3) is 0.360. The van der Waals surface area contributed by atoms with E-state index < -0.39 is 18.0 Å². The van der Waals surface area contributed by atoms with Gasteiger partial charge in [0.25, 0.3) is 12.3 Å². The summed E-state index contributed by atoms with van der Waals surface area (Å²) in [6, 6.07) is 8.20. The van der Waals surface area contributed by atoms with Crippen LogP contribution in [0.2, 0.25) is 0 Å². The lowest BCUT2D eigenvalue weighted by atomic mass is 10.0. The molecule has 2 N–H and O–H groups in total. The van der Waals surface area contributed by atoms with Crippen LogP contribution < -0.4 is 15.1 Å². The predicted molar refractivity (Wildman–Crippen MR) is 131 cm³/mol. The summed E-state index contributed by atoms with van der Waals surface area (Å²) in [7, 11) is 0. The number of β-amino-alcohol motifs (C(OH)–C–C–N with tert-alkyl or cyclic N) is 1. The van der Waals surface area contributed by atoms with E-state index in [0.29, 0.717) is 32.0 Å². The van der Waals surface area contributed by atoms with Gasteiger partial charge in [-0.1, -0.05) is 0 Å². The van der Waals surface area contributed by atoms with Crippen molar-refractivity contribution in [3.05, 3.63) is 59.7 Å². The van der Waals surface area contributed by atoms with Gasteiger partial charge in [0.1, 0.15) is 17.3 Å². The zero-order valence-electron chi connectivity index (χ0n) is 19.7. The molecule has 11 heteroatoms. The van der Waals surface area contributed by atoms with Crippen molar-refractivity contribution >= 4 is 23.2 Å². The zero-order chi connectivity index (χ0) is 25.2. The van der Waals surface area contributed by atoms with E-state index in [4.69, 9.17) is 9.72 Å². The summed E-state index contributed by atoms with van der Waals surface area (Å²) in [5.74, 6) is 1.02. The number of amides is 1. The van der Waals surface area contributed by atoms with Gasteiger partial charge in [-0.15, -0.1) is 0 Å². The molecule has 3 aromatic rings. The molecule has 0 saturated carbocycles. The largest absolute Gasteiger partial charge is 0.389 e. The number of nitrogens with one attached hydrogen (secondary N) is 1. The number of nitrogens with zero attached hydrogens (tertiary/aromatic N) is 5. The number of aryl methyl sites for hydroxylation is 1. The zero-order valence-corrected chi connectivity index (χ0v) is 19.7. The van der Waals surface area contributed by atoms with Gasteiger partial charge in [0.2, 0.25) is 0 Å². The minimum Gasteiger partial charge on any atom is -0.389 e. The molecule has 188 valence electrons. The van der Waals surface area contributed by atoms with Crippen molar-refractivity contribution in [2.24, 2.45) is 0 Å². The van der Waals surface area contributed by atoms with Gasteiger partial charge in [0.15, 0.2) is 0 Å². The number of carbonyl (C=O) groups excluding carboxylic acids is 1. The van der Waals surface area contributed by atoms with Gasteiger partial charge in [0, 0.05) is 49.2 Å². The van der Waals surface area contributed by atoms with E-state index in [1.807, 2.05) is 30.0 Å². The van der Waals surface area contributed by atoms with E-state index >= 15 is 0 Å². The van der Waals surface area contributed by atoms with E-state index in [9.17, 15) is 18.7 Å². The van der Waals surface area contributed by atoms with Gasteiger partial charge < -0.3 is 25.0 Å². The highest BCUT2D eigenvalue weighted by atomic mass is 19.3. The molecule has 0 aliphatic carbocycles. The molecular formula is C25H26F2N6O3. The van der Waals surface area contributed by atoms with Crippen LogP contribution in [0.15, 0.2) is 42.7 Å². The summed E-state index contributed by atoms with van der Waals surface area (Å²) >= 11 is 0. The molecule has 2 aliphatic rings. The first-order valence-corrected chi connectivity index (χ1v) is 11.7. The Morgan fingerprint density at radius 3 is 2.53 bits per heavy atom. The second-order valence-electron chi connectivity index (χ2n) is 8.81. The number of alkyl halides is 2. The Morgan fingerprint density at radius 2 is 1.83 bits per heavy atom. The van der Waals surface area contributed by atoms with Crippen molar-refractivity contribution in [2.75, 3.05) is 54.5 Å². The molecule has 9 nitrogen and oxygen atoms in total. The Hall–Kier alpha value is -3.70. The first-order chi connectivity index (χ1) is 17.4. The highest BCUT2D eigenvalue weighted by molar-refractivity contribution is 6.04. The van der Waals surface area contributed by atoms with Crippen LogP contribution in [0.25, 0.3) is 11.1 Å². The fourth-order valence-electron chi connectivity index (χ4n) is 4.22. The highest BCUT2D eigenvalue weighted by Crippen LogP contribution is 2.33. The number of aliphatic hydroxyl groups is 1. The maximum absolute atomic E-state index is 13.0. The summed E-state index contributed by atoms with van der Waals surface area (Å²) in [5, 5.41) is 12.5. The number of pyridine rings is 3. The van der Waals surface area contributed by atoms with Gasteiger partial charge in [-0.3, -0.25) is 14.8 Å². The van der Waals surface area contributed by atoms with E-state index in [1.54, 1.807) is 0 Å². The van der Waals surface area contributed by atoms with Crippen molar-refractivity contribution in [3.63, 3.8) is 0 Å². The minimum atomic E-state index is -2.76. The Morgan fingerprint density at radius 1 is 1.11 bits per heavy atom. The minimum absolute atomic E-state index is 0.0829. The molecule has 0 bridgehead atoms. The normalized spacial score (nSPS) is 16.2. The molecule has 0 radical (unpaired) electrons. The summed E-state index contributed by atoms with van der Waals surface area (Å²) < 4.78 is 31.5. The SMILES string of the molecule is Cc1ncc(NC(=O)c2ccnc(C(F)F)c2)cc1-c1cc(N2CCOCC2)nc(N2CC(O)C2)c1. The number of ether oxygens (including phenoxy) is 1. The third kappa shape index (κ3) is 5.12. The van der Waals surface area contributed by atoms with Crippen LogP contribution in [-0.4, -0.2) is 71.5 Å². The van der Waals surface area contributed by atoms with E-state index in [-0.39, 0.29) is 11.7 Å². The third-order valence-corrected chi connectivity index (χ3v) is 6.24. The summed E-state index contributed by atoms with van der Waals surface area (Å²) in [6.07, 6.45) is -0.418. The Bertz CT molecular complexity index is 1260. The van der Waals surface area contributed by atoms with E-state index in [1.165, 1.54) is 18.5 Å². The van der Waals surface area contributed by atoms with Crippen molar-refractivity contribution in [1.29, 1.82) is 0 Å². The number of carbonyl (C=O) groups is 1. The lowest BCUT2D eigenvalue weighted by molar-refractivity contribution is 0.102. The number of rotatable bonds is 6.